The number of nitrogens with one attached hydrogen (secondary N) is 1. The van der Waals surface area contributed by atoms with Gasteiger partial charge in [-0.25, -0.2) is 4.79 Å². The molecule has 0 atom stereocenters. The van der Waals surface area contributed by atoms with Crippen molar-refractivity contribution in [3.05, 3.63) is 29.8 Å². The number of amides is 2. The second-order valence-electron chi connectivity index (χ2n) is 6.10. The van der Waals surface area contributed by atoms with Gasteiger partial charge in [0, 0.05) is 25.2 Å². The lowest BCUT2D eigenvalue weighted by molar-refractivity contribution is -0.118. The first-order valence-electron chi connectivity index (χ1n) is 7.22. The third-order valence-electron chi connectivity index (χ3n) is 3.20. The molecule has 114 valence electrons. The van der Waals surface area contributed by atoms with Crippen molar-refractivity contribution in [2.45, 2.75) is 39.2 Å². The topological polar surface area (TPSA) is 58.6 Å². The van der Waals surface area contributed by atoms with Crippen LogP contribution in [0.2, 0.25) is 0 Å². The fourth-order valence-electron chi connectivity index (χ4n) is 2.32. The SMILES string of the molecule is CC(C)(C)OC(=O)NCCC(=O)N1CCc2ccccc21. The first-order chi connectivity index (χ1) is 9.87. The number of benzene rings is 1. The lowest BCUT2D eigenvalue weighted by atomic mass is 10.2. The van der Waals surface area contributed by atoms with Crippen molar-refractivity contribution in [1.29, 1.82) is 0 Å². The van der Waals surface area contributed by atoms with Gasteiger partial charge in [-0.1, -0.05) is 18.2 Å². The molecular formula is C16H22N2O3. The zero-order valence-corrected chi connectivity index (χ0v) is 12.8. The molecule has 1 aliphatic rings. The first-order valence-corrected chi connectivity index (χ1v) is 7.22. The van der Waals surface area contributed by atoms with Gasteiger partial charge in [0.25, 0.3) is 0 Å². The number of alkyl carbamates (subject to hydrolysis) is 1. The molecule has 1 aromatic carbocycles. The van der Waals surface area contributed by atoms with Gasteiger partial charge in [0.2, 0.25) is 5.91 Å². The molecule has 1 aromatic rings. The van der Waals surface area contributed by atoms with Crippen molar-refractivity contribution in [3.8, 4) is 0 Å². The Balaban J connectivity index is 1.80. The van der Waals surface area contributed by atoms with Crippen LogP contribution >= 0.6 is 0 Å². The van der Waals surface area contributed by atoms with E-state index in [-0.39, 0.29) is 18.9 Å². The van der Waals surface area contributed by atoms with E-state index in [2.05, 4.69) is 5.32 Å². The predicted molar refractivity (Wildman–Crippen MR) is 81.4 cm³/mol. The van der Waals surface area contributed by atoms with E-state index in [1.54, 1.807) is 25.7 Å². The van der Waals surface area contributed by atoms with E-state index in [1.165, 1.54) is 5.56 Å². The van der Waals surface area contributed by atoms with Crippen LogP contribution in [0, 0.1) is 0 Å². The van der Waals surface area contributed by atoms with Crippen LogP contribution in [-0.2, 0) is 16.0 Å². The van der Waals surface area contributed by atoms with Gasteiger partial charge in [-0.05, 0) is 38.8 Å². The lowest BCUT2D eigenvalue weighted by Gasteiger charge is -2.20. The summed E-state index contributed by atoms with van der Waals surface area (Å²) in [5.74, 6) is 0.0241. The summed E-state index contributed by atoms with van der Waals surface area (Å²) in [6.45, 7) is 6.41. The van der Waals surface area contributed by atoms with Crippen LogP contribution in [0.15, 0.2) is 24.3 Å². The fraction of sp³-hybridized carbons (Fsp3) is 0.500. The minimum atomic E-state index is -0.526. The van der Waals surface area contributed by atoms with Crippen LogP contribution in [0.5, 0.6) is 0 Å². The van der Waals surface area contributed by atoms with Gasteiger partial charge >= 0.3 is 6.09 Å². The Hall–Kier alpha value is -2.04. The molecule has 21 heavy (non-hydrogen) atoms. The van der Waals surface area contributed by atoms with Gasteiger partial charge in [-0.2, -0.15) is 0 Å². The van der Waals surface area contributed by atoms with Crippen molar-refractivity contribution in [1.82, 2.24) is 5.32 Å². The molecule has 0 radical (unpaired) electrons. The van der Waals surface area contributed by atoms with Crippen LogP contribution in [0.3, 0.4) is 0 Å². The Kier molecular flexibility index (Phi) is 4.50. The monoisotopic (exact) mass is 290 g/mol. The average Bonchev–Trinajstić information content (AvgIpc) is 2.80. The average molecular weight is 290 g/mol. The van der Waals surface area contributed by atoms with Crippen LogP contribution in [0.25, 0.3) is 0 Å². The minimum absolute atomic E-state index is 0.0241. The quantitative estimate of drug-likeness (QED) is 0.930. The lowest BCUT2D eigenvalue weighted by Crippen LogP contribution is -2.36. The summed E-state index contributed by atoms with van der Waals surface area (Å²) in [5.41, 5.74) is 1.66. The number of hydrogen-bond donors (Lipinski definition) is 1. The van der Waals surface area contributed by atoms with Crippen molar-refractivity contribution < 1.29 is 14.3 Å². The zero-order valence-electron chi connectivity index (χ0n) is 12.8. The first kappa shape index (κ1) is 15.4. The number of anilines is 1. The summed E-state index contributed by atoms with van der Waals surface area (Å²) < 4.78 is 5.13. The number of carbonyl (C=O) groups excluding carboxylic acids is 2. The highest BCUT2D eigenvalue weighted by molar-refractivity contribution is 5.95. The van der Waals surface area contributed by atoms with Crippen LogP contribution in [0.1, 0.15) is 32.8 Å². The van der Waals surface area contributed by atoms with Gasteiger partial charge in [-0.3, -0.25) is 4.79 Å². The second-order valence-corrected chi connectivity index (χ2v) is 6.10. The van der Waals surface area contributed by atoms with E-state index in [4.69, 9.17) is 4.74 Å². The molecule has 5 nitrogen and oxygen atoms in total. The largest absolute Gasteiger partial charge is 0.444 e. The normalized spacial score (nSPS) is 13.8. The Bertz CT molecular complexity index is 535. The van der Waals surface area contributed by atoms with Crippen molar-refractivity contribution in [2.24, 2.45) is 0 Å². The summed E-state index contributed by atoms with van der Waals surface area (Å²) in [6.07, 6.45) is 0.673. The number of rotatable bonds is 3. The van der Waals surface area contributed by atoms with E-state index in [9.17, 15) is 9.59 Å². The second kappa shape index (κ2) is 6.16. The van der Waals surface area contributed by atoms with E-state index in [1.807, 2.05) is 24.3 Å². The van der Waals surface area contributed by atoms with Gasteiger partial charge < -0.3 is 15.0 Å². The molecule has 0 aliphatic carbocycles. The maximum absolute atomic E-state index is 12.2. The van der Waals surface area contributed by atoms with Gasteiger partial charge in [-0.15, -0.1) is 0 Å². The van der Waals surface area contributed by atoms with Crippen LogP contribution in [-0.4, -0.2) is 30.7 Å². The highest BCUT2D eigenvalue weighted by atomic mass is 16.6. The van der Waals surface area contributed by atoms with E-state index >= 15 is 0 Å². The molecule has 2 rings (SSSR count). The van der Waals surface area contributed by atoms with Gasteiger partial charge in [0.05, 0.1) is 0 Å². The maximum Gasteiger partial charge on any atom is 0.407 e. The number of fused-ring (bicyclic) bond motifs is 1. The number of nitrogens with zero attached hydrogens (tertiary/aromatic N) is 1. The summed E-state index contributed by atoms with van der Waals surface area (Å²) in [5, 5.41) is 2.61. The maximum atomic E-state index is 12.2. The Morgan fingerprint density at radius 1 is 1.29 bits per heavy atom. The third kappa shape index (κ3) is 4.21. The number of hydrogen-bond acceptors (Lipinski definition) is 3. The number of carbonyl (C=O) groups is 2. The highest BCUT2D eigenvalue weighted by Gasteiger charge is 2.24. The van der Waals surface area contributed by atoms with Gasteiger partial charge in [0.1, 0.15) is 5.60 Å². The third-order valence-corrected chi connectivity index (χ3v) is 3.20. The molecule has 0 unspecified atom stereocenters. The highest BCUT2D eigenvalue weighted by Crippen LogP contribution is 2.27. The molecule has 0 saturated carbocycles. The standard InChI is InChI=1S/C16H22N2O3/c1-16(2,3)21-15(20)17-10-8-14(19)18-11-9-12-6-4-5-7-13(12)18/h4-7H,8-11H2,1-3H3,(H,17,20). The smallest absolute Gasteiger partial charge is 0.407 e. The summed E-state index contributed by atoms with van der Waals surface area (Å²) in [7, 11) is 0. The van der Waals surface area contributed by atoms with Crippen LogP contribution in [0.4, 0.5) is 10.5 Å². The number of para-hydroxylation sites is 1. The molecule has 0 fully saturated rings. The van der Waals surface area contributed by atoms with Crippen molar-refractivity contribution >= 4 is 17.7 Å². The molecule has 0 bridgehead atoms. The minimum Gasteiger partial charge on any atom is -0.444 e. The fourth-order valence-corrected chi connectivity index (χ4v) is 2.32. The molecule has 0 aromatic heterocycles. The predicted octanol–water partition coefficient (Wildman–Crippen LogP) is 2.49. The Labute approximate surface area is 125 Å². The van der Waals surface area contributed by atoms with E-state index in [0.29, 0.717) is 6.54 Å². The molecule has 5 heteroatoms. The van der Waals surface area contributed by atoms with Gasteiger partial charge in [0.15, 0.2) is 0 Å². The summed E-state index contributed by atoms with van der Waals surface area (Å²) in [6, 6.07) is 7.92. The van der Waals surface area contributed by atoms with Crippen molar-refractivity contribution in [2.75, 3.05) is 18.0 Å². The van der Waals surface area contributed by atoms with E-state index in [0.717, 1.165) is 12.1 Å². The number of ether oxygens (including phenoxy) is 1. The summed E-state index contributed by atoms with van der Waals surface area (Å²) >= 11 is 0. The molecule has 1 aliphatic heterocycles. The molecular weight excluding hydrogens is 268 g/mol. The Morgan fingerprint density at radius 2 is 2.00 bits per heavy atom. The molecule has 2 amide bonds. The summed E-state index contributed by atoms with van der Waals surface area (Å²) in [4.78, 5) is 25.5. The van der Waals surface area contributed by atoms with Crippen LogP contribution < -0.4 is 10.2 Å². The molecule has 0 spiro atoms. The molecule has 1 heterocycles. The Morgan fingerprint density at radius 3 is 2.71 bits per heavy atom. The van der Waals surface area contributed by atoms with Crippen molar-refractivity contribution in [3.63, 3.8) is 0 Å². The molecule has 1 N–H and O–H groups in total. The molecule has 0 saturated heterocycles. The van der Waals surface area contributed by atoms with E-state index < -0.39 is 11.7 Å². The zero-order chi connectivity index (χ0) is 15.5.